The Hall–Kier alpha value is -0.330. The number of hydrogen-bond acceptors (Lipinski definition) is 3. The van der Waals surface area contributed by atoms with E-state index >= 15 is 0 Å². The van der Waals surface area contributed by atoms with Gasteiger partial charge in [0, 0.05) is 12.6 Å². The summed E-state index contributed by atoms with van der Waals surface area (Å²) >= 11 is 0. The Balaban J connectivity index is 2.01. The van der Waals surface area contributed by atoms with Gasteiger partial charge in [-0.15, -0.1) is 13.2 Å². The lowest BCUT2D eigenvalue weighted by Crippen LogP contribution is -2.42. The van der Waals surface area contributed by atoms with Gasteiger partial charge in [-0.05, 0) is 33.0 Å². The Labute approximate surface area is 87.6 Å². The Morgan fingerprint density at radius 3 is 2.47 bits per heavy atom. The molecule has 0 bridgehead atoms. The molecule has 15 heavy (non-hydrogen) atoms. The van der Waals surface area contributed by atoms with Crippen molar-refractivity contribution in [1.29, 1.82) is 0 Å². The lowest BCUT2D eigenvalue weighted by Gasteiger charge is -2.29. The highest BCUT2D eigenvalue weighted by Gasteiger charge is 2.28. The highest BCUT2D eigenvalue weighted by atomic mass is 19.4. The van der Waals surface area contributed by atoms with Crippen LogP contribution in [0.5, 0.6) is 0 Å². The highest BCUT2D eigenvalue weighted by Crippen LogP contribution is 2.15. The van der Waals surface area contributed by atoms with Crippen LogP contribution in [-0.4, -0.2) is 50.6 Å². The summed E-state index contributed by atoms with van der Waals surface area (Å²) in [6.07, 6.45) is -2.53. The summed E-state index contributed by atoms with van der Waals surface area (Å²) in [5.74, 6) is 0. The molecule has 0 amide bonds. The van der Waals surface area contributed by atoms with Gasteiger partial charge in [-0.1, -0.05) is 0 Å². The lowest BCUT2D eigenvalue weighted by molar-refractivity contribution is -0.323. The smallest absolute Gasteiger partial charge is 0.312 e. The molecule has 1 aliphatic heterocycles. The number of likely N-dealkylation sites (tertiary alicyclic amines) is 1. The van der Waals surface area contributed by atoms with Crippen molar-refractivity contribution in [2.75, 3.05) is 33.3 Å². The topological polar surface area (TPSA) is 24.5 Å². The van der Waals surface area contributed by atoms with Gasteiger partial charge >= 0.3 is 6.36 Å². The summed E-state index contributed by atoms with van der Waals surface area (Å²) in [5.41, 5.74) is 0. The molecule has 0 aliphatic carbocycles. The SMILES string of the molecule is CN1CCC(NCCOC(F)(F)F)CC1. The van der Waals surface area contributed by atoms with E-state index in [0.29, 0.717) is 6.04 Å². The molecule has 3 nitrogen and oxygen atoms in total. The minimum absolute atomic E-state index is 0.258. The molecular weight excluding hydrogens is 209 g/mol. The average molecular weight is 226 g/mol. The molecule has 1 fully saturated rings. The van der Waals surface area contributed by atoms with Crippen molar-refractivity contribution < 1.29 is 17.9 Å². The molecule has 6 heteroatoms. The van der Waals surface area contributed by atoms with Gasteiger partial charge in [-0.25, -0.2) is 0 Å². The van der Waals surface area contributed by atoms with Crippen LogP contribution in [0.3, 0.4) is 0 Å². The van der Waals surface area contributed by atoms with E-state index in [2.05, 4.69) is 15.0 Å². The largest absolute Gasteiger partial charge is 0.522 e. The second-order valence-corrected chi connectivity index (χ2v) is 3.83. The molecule has 90 valence electrons. The van der Waals surface area contributed by atoms with Crippen LogP contribution in [0, 0.1) is 0 Å². The van der Waals surface area contributed by atoms with Crippen molar-refractivity contribution in [3.63, 3.8) is 0 Å². The molecule has 1 N–H and O–H groups in total. The fraction of sp³-hybridized carbons (Fsp3) is 1.00. The van der Waals surface area contributed by atoms with Crippen molar-refractivity contribution in [1.82, 2.24) is 10.2 Å². The van der Waals surface area contributed by atoms with Crippen molar-refractivity contribution in [3.05, 3.63) is 0 Å². The minimum Gasteiger partial charge on any atom is -0.312 e. The van der Waals surface area contributed by atoms with Gasteiger partial charge in [0.05, 0.1) is 6.61 Å². The van der Waals surface area contributed by atoms with Crippen LogP contribution in [0.15, 0.2) is 0 Å². The van der Waals surface area contributed by atoms with Crippen LogP contribution in [0.1, 0.15) is 12.8 Å². The Morgan fingerprint density at radius 2 is 1.93 bits per heavy atom. The van der Waals surface area contributed by atoms with Gasteiger partial charge in [0.15, 0.2) is 0 Å². The highest BCUT2D eigenvalue weighted by molar-refractivity contribution is 4.74. The predicted octanol–water partition coefficient (Wildman–Crippen LogP) is 1.21. The molecule has 0 spiro atoms. The fourth-order valence-corrected chi connectivity index (χ4v) is 1.64. The van der Waals surface area contributed by atoms with Gasteiger partial charge in [-0.2, -0.15) is 0 Å². The number of nitrogens with one attached hydrogen (secondary N) is 1. The zero-order valence-electron chi connectivity index (χ0n) is 8.81. The fourth-order valence-electron chi connectivity index (χ4n) is 1.64. The normalized spacial score (nSPS) is 20.8. The van der Waals surface area contributed by atoms with Crippen LogP contribution >= 0.6 is 0 Å². The number of alkyl halides is 3. The van der Waals surface area contributed by atoms with E-state index in [1.165, 1.54) is 0 Å². The molecule has 0 saturated carbocycles. The minimum atomic E-state index is -4.51. The van der Waals surface area contributed by atoms with Crippen molar-refractivity contribution in [3.8, 4) is 0 Å². The van der Waals surface area contributed by atoms with Gasteiger partial charge in [0.25, 0.3) is 0 Å². The van der Waals surface area contributed by atoms with Crippen LogP contribution in [-0.2, 0) is 4.74 Å². The maximum Gasteiger partial charge on any atom is 0.522 e. The van der Waals surface area contributed by atoms with Crippen LogP contribution in [0.4, 0.5) is 13.2 Å². The van der Waals surface area contributed by atoms with E-state index in [-0.39, 0.29) is 13.2 Å². The maximum atomic E-state index is 11.6. The van der Waals surface area contributed by atoms with E-state index in [0.717, 1.165) is 25.9 Å². The van der Waals surface area contributed by atoms with Crippen molar-refractivity contribution >= 4 is 0 Å². The second kappa shape index (κ2) is 5.67. The Kier molecular flexibility index (Phi) is 4.82. The maximum absolute atomic E-state index is 11.6. The quantitative estimate of drug-likeness (QED) is 0.729. The van der Waals surface area contributed by atoms with Gasteiger partial charge < -0.3 is 10.2 Å². The molecule has 0 radical (unpaired) electrons. The molecule has 0 atom stereocenters. The van der Waals surface area contributed by atoms with E-state index < -0.39 is 6.36 Å². The van der Waals surface area contributed by atoms with Gasteiger partial charge in [0.2, 0.25) is 0 Å². The summed E-state index contributed by atoms with van der Waals surface area (Å²) in [6, 6.07) is 0.332. The third kappa shape index (κ3) is 5.96. The first-order valence-electron chi connectivity index (χ1n) is 5.10. The molecule has 0 aromatic heterocycles. The number of piperidine rings is 1. The molecule has 0 aromatic carbocycles. The first-order valence-corrected chi connectivity index (χ1v) is 5.10. The average Bonchev–Trinajstić information content (AvgIpc) is 2.14. The molecule has 1 aliphatic rings. The first-order chi connectivity index (χ1) is 6.97. The van der Waals surface area contributed by atoms with Gasteiger partial charge in [-0.3, -0.25) is 4.74 Å². The molecule has 1 rings (SSSR count). The predicted molar refractivity (Wildman–Crippen MR) is 50.5 cm³/mol. The number of ether oxygens (including phenoxy) is 1. The standard InChI is InChI=1S/C9H17F3N2O/c1-14-5-2-8(3-6-14)13-4-7-15-9(10,11)12/h8,13H,2-7H2,1H3. The van der Waals surface area contributed by atoms with Crippen molar-refractivity contribution in [2.24, 2.45) is 0 Å². The van der Waals surface area contributed by atoms with Crippen LogP contribution in [0.25, 0.3) is 0 Å². The second-order valence-electron chi connectivity index (χ2n) is 3.83. The van der Waals surface area contributed by atoms with Crippen LogP contribution < -0.4 is 5.32 Å². The zero-order chi connectivity index (χ0) is 11.3. The summed E-state index contributed by atoms with van der Waals surface area (Å²) in [6.45, 7) is 1.94. The molecule has 1 heterocycles. The van der Waals surface area contributed by atoms with Crippen molar-refractivity contribution in [2.45, 2.75) is 25.2 Å². The van der Waals surface area contributed by atoms with Gasteiger partial charge in [0.1, 0.15) is 0 Å². The molecule has 1 saturated heterocycles. The van der Waals surface area contributed by atoms with E-state index in [1.54, 1.807) is 0 Å². The summed E-state index contributed by atoms with van der Waals surface area (Å²) < 4.78 is 38.5. The third-order valence-electron chi connectivity index (χ3n) is 2.52. The molecule has 0 aromatic rings. The number of rotatable bonds is 4. The summed E-state index contributed by atoms with van der Waals surface area (Å²) in [5, 5.41) is 3.06. The van der Waals surface area contributed by atoms with E-state index in [1.807, 2.05) is 7.05 Å². The number of halogens is 3. The number of nitrogens with zero attached hydrogens (tertiary/aromatic N) is 1. The Morgan fingerprint density at radius 1 is 1.33 bits per heavy atom. The third-order valence-corrected chi connectivity index (χ3v) is 2.52. The number of hydrogen-bond donors (Lipinski definition) is 1. The van der Waals surface area contributed by atoms with Crippen LogP contribution in [0.2, 0.25) is 0 Å². The summed E-state index contributed by atoms with van der Waals surface area (Å²) in [4.78, 5) is 2.21. The monoisotopic (exact) mass is 226 g/mol. The summed E-state index contributed by atoms with van der Waals surface area (Å²) in [7, 11) is 2.04. The lowest BCUT2D eigenvalue weighted by atomic mass is 10.1. The zero-order valence-corrected chi connectivity index (χ0v) is 8.81. The molecular formula is C9H17F3N2O. The Bertz CT molecular complexity index is 179. The first kappa shape index (κ1) is 12.7. The molecule has 0 unspecified atom stereocenters. The van der Waals surface area contributed by atoms with E-state index in [4.69, 9.17) is 0 Å². The van der Waals surface area contributed by atoms with E-state index in [9.17, 15) is 13.2 Å².